The minimum atomic E-state index is -0.365. The van der Waals surface area contributed by atoms with Gasteiger partial charge in [0.1, 0.15) is 5.82 Å². The van der Waals surface area contributed by atoms with Crippen molar-refractivity contribution in [1.29, 1.82) is 0 Å². The van der Waals surface area contributed by atoms with Crippen molar-refractivity contribution in [2.45, 2.75) is 38.8 Å². The molecule has 4 heteroatoms. The third-order valence-electron chi connectivity index (χ3n) is 4.37. The van der Waals surface area contributed by atoms with Gasteiger partial charge in [-0.05, 0) is 49.9 Å². The normalized spacial score (nSPS) is 26.4. The molecular formula is C15H22ClFN2. The first kappa shape index (κ1) is 14.8. The lowest BCUT2D eigenvalue weighted by Crippen LogP contribution is -2.46. The van der Waals surface area contributed by atoms with Crippen LogP contribution in [-0.4, -0.2) is 24.0 Å². The highest BCUT2D eigenvalue weighted by atomic mass is 35.5. The average molecular weight is 285 g/mol. The van der Waals surface area contributed by atoms with Crippen LogP contribution in [0.1, 0.15) is 38.3 Å². The molecule has 19 heavy (non-hydrogen) atoms. The van der Waals surface area contributed by atoms with E-state index in [1.807, 2.05) is 6.07 Å². The Morgan fingerprint density at radius 2 is 2.21 bits per heavy atom. The highest BCUT2D eigenvalue weighted by Crippen LogP contribution is 2.32. The summed E-state index contributed by atoms with van der Waals surface area (Å²) in [5.41, 5.74) is 6.86. The fourth-order valence-corrected chi connectivity index (χ4v) is 3.11. The van der Waals surface area contributed by atoms with E-state index in [1.165, 1.54) is 18.9 Å². The second-order valence-corrected chi connectivity index (χ2v) is 5.93. The minimum absolute atomic E-state index is 0.0736. The van der Waals surface area contributed by atoms with E-state index in [0.717, 1.165) is 12.1 Å². The topological polar surface area (TPSA) is 29.3 Å². The predicted molar refractivity (Wildman–Crippen MR) is 77.8 cm³/mol. The molecule has 2 N–H and O–H groups in total. The molecule has 0 amide bonds. The van der Waals surface area contributed by atoms with Crippen LogP contribution in [-0.2, 0) is 0 Å². The second-order valence-electron chi connectivity index (χ2n) is 5.52. The van der Waals surface area contributed by atoms with Crippen LogP contribution < -0.4 is 5.73 Å². The third kappa shape index (κ3) is 3.10. The number of halogens is 2. The number of nitrogens with two attached hydrogens (primary N) is 1. The lowest BCUT2D eigenvalue weighted by molar-refractivity contribution is 0.0708. The van der Waals surface area contributed by atoms with Crippen molar-refractivity contribution in [2.75, 3.05) is 13.1 Å². The monoisotopic (exact) mass is 284 g/mol. The summed E-state index contributed by atoms with van der Waals surface area (Å²) in [4.78, 5) is 2.40. The molecule has 0 aliphatic carbocycles. The second kappa shape index (κ2) is 6.21. The Kier molecular flexibility index (Phi) is 4.82. The molecule has 3 atom stereocenters. The lowest BCUT2D eigenvalue weighted by Gasteiger charge is -2.42. The summed E-state index contributed by atoms with van der Waals surface area (Å²) in [5, 5.41) is 0.166. The molecule has 3 unspecified atom stereocenters. The Hall–Kier alpha value is -0.640. The molecule has 0 aromatic heterocycles. The van der Waals surface area contributed by atoms with E-state index in [9.17, 15) is 4.39 Å². The summed E-state index contributed by atoms with van der Waals surface area (Å²) in [6, 6.07) is 5.57. The van der Waals surface area contributed by atoms with Crippen LogP contribution in [0.25, 0.3) is 0 Å². The van der Waals surface area contributed by atoms with Gasteiger partial charge in [0.2, 0.25) is 0 Å². The van der Waals surface area contributed by atoms with Gasteiger partial charge in [0, 0.05) is 18.6 Å². The first-order valence-electron chi connectivity index (χ1n) is 6.95. The highest BCUT2D eigenvalue weighted by Gasteiger charge is 2.30. The first-order valence-corrected chi connectivity index (χ1v) is 7.33. The molecule has 1 aromatic carbocycles. The molecule has 0 spiro atoms. The molecule has 2 nitrogen and oxygen atoms in total. The van der Waals surface area contributed by atoms with Gasteiger partial charge in [0.25, 0.3) is 0 Å². The van der Waals surface area contributed by atoms with Gasteiger partial charge in [-0.1, -0.05) is 24.6 Å². The Morgan fingerprint density at radius 3 is 2.84 bits per heavy atom. The summed E-state index contributed by atoms with van der Waals surface area (Å²) < 4.78 is 13.6. The zero-order valence-corrected chi connectivity index (χ0v) is 12.3. The van der Waals surface area contributed by atoms with E-state index in [0.29, 0.717) is 18.5 Å². The van der Waals surface area contributed by atoms with Gasteiger partial charge >= 0.3 is 0 Å². The van der Waals surface area contributed by atoms with Crippen molar-refractivity contribution in [3.63, 3.8) is 0 Å². The maximum absolute atomic E-state index is 13.6. The lowest BCUT2D eigenvalue weighted by atomic mass is 9.89. The van der Waals surface area contributed by atoms with E-state index in [4.69, 9.17) is 17.3 Å². The third-order valence-corrected chi connectivity index (χ3v) is 4.68. The smallest absolute Gasteiger partial charge is 0.142 e. The number of hydrogen-bond donors (Lipinski definition) is 1. The molecule has 1 heterocycles. The number of benzene rings is 1. The van der Waals surface area contributed by atoms with Gasteiger partial charge in [0.05, 0.1) is 5.02 Å². The van der Waals surface area contributed by atoms with Gasteiger partial charge in [-0.3, -0.25) is 4.90 Å². The van der Waals surface area contributed by atoms with Crippen LogP contribution in [0.2, 0.25) is 5.02 Å². The van der Waals surface area contributed by atoms with Crippen LogP contribution in [0.3, 0.4) is 0 Å². The molecular weight excluding hydrogens is 263 g/mol. The predicted octanol–water partition coefficient (Wildman–Crippen LogP) is 3.60. The van der Waals surface area contributed by atoms with Crippen molar-refractivity contribution in [2.24, 2.45) is 11.7 Å². The van der Waals surface area contributed by atoms with E-state index in [1.54, 1.807) is 6.07 Å². The standard InChI is InChI=1S/C15H22ClFN2/c1-10-4-3-7-19(11(10)2)15(9-18)12-5-6-13(16)14(17)8-12/h5-6,8,10-11,15H,3-4,7,9,18H2,1-2H3. The fourth-order valence-electron chi connectivity index (χ4n) is 2.99. The molecule has 1 aromatic rings. The van der Waals surface area contributed by atoms with E-state index < -0.39 is 0 Å². The Labute approximate surface area is 119 Å². The quantitative estimate of drug-likeness (QED) is 0.919. The van der Waals surface area contributed by atoms with Crippen molar-refractivity contribution < 1.29 is 4.39 Å². The number of likely N-dealkylation sites (tertiary alicyclic amines) is 1. The zero-order valence-electron chi connectivity index (χ0n) is 11.6. The Morgan fingerprint density at radius 1 is 1.47 bits per heavy atom. The fraction of sp³-hybridized carbons (Fsp3) is 0.600. The Balaban J connectivity index is 2.25. The minimum Gasteiger partial charge on any atom is -0.329 e. The highest BCUT2D eigenvalue weighted by molar-refractivity contribution is 6.30. The summed E-state index contributed by atoms with van der Waals surface area (Å²) in [6.45, 7) is 6.03. The van der Waals surface area contributed by atoms with Crippen molar-refractivity contribution >= 4 is 11.6 Å². The summed E-state index contributed by atoms with van der Waals surface area (Å²) in [6.07, 6.45) is 2.43. The van der Waals surface area contributed by atoms with E-state index >= 15 is 0 Å². The average Bonchev–Trinajstić information content (AvgIpc) is 2.39. The molecule has 1 saturated heterocycles. The number of piperidine rings is 1. The van der Waals surface area contributed by atoms with Crippen molar-refractivity contribution in [3.05, 3.63) is 34.6 Å². The number of rotatable bonds is 3. The summed E-state index contributed by atoms with van der Waals surface area (Å²) in [5.74, 6) is 0.287. The maximum Gasteiger partial charge on any atom is 0.142 e. The van der Waals surface area contributed by atoms with Crippen LogP contribution >= 0.6 is 11.6 Å². The summed E-state index contributed by atoms with van der Waals surface area (Å²) >= 11 is 5.75. The van der Waals surface area contributed by atoms with Crippen molar-refractivity contribution in [3.8, 4) is 0 Å². The van der Waals surface area contributed by atoms with Crippen LogP contribution in [0.5, 0.6) is 0 Å². The molecule has 106 valence electrons. The van der Waals surface area contributed by atoms with Gasteiger partial charge in [0.15, 0.2) is 0 Å². The first-order chi connectivity index (χ1) is 9.04. The largest absolute Gasteiger partial charge is 0.329 e. The zero-order chi connectivity index (χ0) is 14.0. The molecule has 2 rings (SSSR count). The number of nitrogens with zero attached hydrogens (tertiary/aromatic N) is 1. The molecule has 1 aliphatic heterocycles. The van der Waals surface area contributed by atoms with Crippen LogP contribution in [0.4, 0.5) is 4.39 Å². The molecule has 1 aliphatic rings. The molecule has 1 fully saturated rings. The maximum atomic E-state index is 13.6. The Bertz CT molecular complexity index is 438. The van der Waals surface area contributed by atoms with Gasteiger partial charge in [-0.2, -0.15) is 0 Å². The van der Waals surface area contributed by atoms with Crippen LogP contribution in [0, 0.1) is 11.7 Å². The van der Waals surface area contributed by atoms with Gasteiger partial charge < -0.3 is 5.73 Å². The summed E-state index contributed by atoms with van der Waals surface area (Å²) in [7, 11) is 0. The van der Waals surface area contributed by atoms with Gasteiger partial charge in [-0.15, -0.1) is 0 Å². The van der Waals surface area contributed by atoms with Crippen LogP contribution in [0.15, 0.2) is 18.2 Å². The SMILES string of the molecule is CC1CCCN(C(CN)c2ccc(Cl)c(F)c2)C1C. The van der Waals surface area contributed by atoms with Crippen molar-refractivity contribution in [1.82, 2.24) is 4.90 Å². The van der Waals surface area contributed by atoms with E-state index in [2.05, 4.69) is 18.7 Å². The molecule has 0 bridgehead atoms. The van der Waals surface area contributed by atoms with E-state index in [-0.39, 0.29) is 16.9 Å². The molecule has 0 radical (unpaired) electrons. The number of hydrogen-bond acceptors (Lipinski definition) is 2. The van der Waals surface area contributed by atoms with Gasteiger partial charge in [-0.25, -0.2) is 4.39 Å². The molecule has 0 saturated carbocycles.